The van der Waals surface area contributed by atoms with Crippen LogP contribution < -0.4 is 9.80 Å². The lowest BCUT2D eigenvalue weighted by Gasteiger charge is -2.35. The van der Waals surface area contributed by atoms with Crippen molar-refractivity contribution in [2.24, 2.45) is 0 Å². The van der Waals surface area contributed by atoms with Gasteiger partial charge in [-0.25, -0.2) is 9.97 Å². The predicted molar refractivity (Wildman–Crippen MR) is 106 cm³/mol. The minimum Gasteiger partial charge on any atom is -0.459 e. The highest BCUT2D eigenvalue weighted by molar-refractivity contribution is 5.91. The van der Waals surface area contributed by atoms with Gasteiger partial charge in [0.15, 0.2) is 5.76 Å². The predicted octanol–water partition coefficient (Wildman–Crippen LogP) is 2.97. The third-order valence-electron chi connectivity index (χ3n) is 4.74. The standard InChI is InChI=1S/C20H29N5O2/c1-4-8-23(9-5-2)18-15-19(22-16(3)21-18)24-10-12-25(13-11-24)20(26)17-7-6-14-27-17/h6-7,14-15H,4-5,8-13H2,1-3H3. The Morgan fingerprint density at radius 1 is 1.15 bits per heavy atom. The van der Waals surface area contributed by atoms with Crippen molar-refractivity contribution in [2.75, 3.05) is 49.1 Å². The van der Waals surface area contributed by atoms with Gasteiger partial charge in [-0.05, 0) is 31.9 Å². The van der Waals surface area contributed by atoms with Gasteiger partial charge in [-0.1, -0.05) is 13.8 Å². The molecule has 0 saturated carbocycles. The first kappa shape index (κ1) is 19.2. The van der Waals surface area contributed by atoms with Gasteiger partial charge in [0.2, 0.25) is 0 Å². The van der Waals surface area contributed by atoms with Gasteiger partial charge in [0.1, 0.15) is 17.5 Å². The number of furan rings is 1. The lowest BCUT2D eigenvalue weighted by molar-refractivity contribution is 0.0714. The number of amides is 1. The number of anilines is 2. The minimum absolute atomic E-state index is 0.0451. The van der Waals surface area contributed by atoms with Crippen LogP contribution in [-0.4, -0.2) is 60.0 Å². The molecule has 1 fully saturated rings. The Kier molecular flexibility index (Phi) is 6.32. The molecule has 3 rings (SSSR count). The fourth-order valence-corrected chi connectivity index (χ4v) is 3.44. The summed E-state index contributed by atoms with van der Waals surface area (Å²) in [4.78, 5) is 28.1. The zero-order valence-corrected chi connectivity index (χ0v) is 16.5. The molecule has 1 aliphatic rings. The number of aromatic nitrogens is 2. The van der Waals surface area contributed by atoms with Crippen LogP contribution in [0.4, 0.5) is 11.6 Å². The van der Waals surface area contributed by atoms with E-state index >= 15 is 0 Å². The van der Waals surface area contributed by atoms with Crippen molar-refractivity contribution in [3.63, 3.8) is 0 Å². The van der Waals surface area contributed by atoms with E-state index in [0.717, 1.165) is 56.5 Å². The number of aryl methyl sites for hydroxylation is 1. The highest BCUT2D eigenvalue weighted by atomic mass is 16.3. The summed E-state index contributed by atoms with van der Waals surface area (Å²) < 4.78 is 5.23. The van der Waals surface area contributed by atoms with Gasteiger partial charge in [-0.3, -0.25) is 4.79 Å². The SMILES string of the molecule is CCCN(CCC)c1cc(N2CCN(C(=O)c3ccco3)CC2)nc(C)n1. The van der Waals surface area contributed by atoms with E-state index < -0.39 is 0 Å². The van der Waals surface area contributed by atoms with Crippen LogP contribution in [-0.2, 0) is 0 Å². The number of piperazine rings is 1. The first-order valence-corrected chi connectivity index (χ1v) is 9.80. The quantitative estimate of drug-likeness (QED) is 0.745. The number of carbonyl (C=O) groups excluding carboxylic acids is 1. The summed E-state index contributed by atoms with van der Waals surface area (Å²) in [6.07, 6.45) is 3.71. The summed E-state index contributed by atoms with van der Waals surface area (Å²) >= 11 is 0. The summed E-state index contributed by atoms with van der Waals surface area (Å²) in [6.45, 7) is 11.1. The topological polar surface area (TPSA) is 65.7 Å². The van der Waals surface area contributed by atoms with E-state index in [-0.39, 0.29) is 5.91 Å². The van der Waals surface area contributed by atoms with Crippen LogP contribution >= 0.6 is 0 Å². The fourth-order valence-electron chi connectivity index (χ4n) is 3.44. The van der Waals surface area contributed by atoms with E-state index in [2.05, 4.69) is 39.7 Å². The average molecular weight is 371 g/mol. The summed E-state index contributed by atoms with van der Waals surface area (Å²) in [6, 6.07) is 5.54. The Balaban J connectivity index is 1.69. The molecule has 7 nitrogen and oxygen atoms in total. The van der Waals surface area contributed by atoms with Crippen molar-refractivity contribution < 1.29 is 9.21 Å². The Bertz CT molecular complexity index is 733. The van der Waals surface area contributed by atoms with E-state index in [9.17, 15) is 4.79 Å². The second-order valence-corrected chi connectivity index (χ2v) is 6.88. The monoisotopic (exact) mass is 371 g/mol. The van der Waals surface area contributed by atoms with Gasteiger partial charge in [-0.15, -0.1) is 0 Å². The highest BCUT2D eigenvalue weighted by Gasteiger charge is 2.25. The van der Waals surface area contributed by atoms with Crippen LogP contribution in [0.2, 0.25) is 0 Å². The molecule has 2 aromatic heterocycles. The van der Waals surface area contributed by atoms with Crippen LogP contribution in [0.3, 0.4) is 0 Å². The summed E-state index contributed by atoms with van der Waals surface area (Å²) in [5.41, 5.74) is 0. The largest absolute Gasteiger partial charge is 0.459 e. The summed E-state index contributed by atoms with van der Waals surface area (Å²) in [7, 11) is 0. The number of carbonyl (C=O) groups is 1. The molecule has 0 bridgehead atoms. The van der Waals surface area contributed by atoms with E-state index in [1.807, 2.05) is 11.8 Å². The molecule has 0 aliphatic carbocycles. The van der Waals surface area contributed by atoms with Gasteiger partial charge in [0, 0.05) is 45.3 Å². The molecule has 0 atom stereocenters. The maximum atomic E-state index is 12.4. The van der Waals surface area contributed by atoms with E-state index in [1.54, 1.807) is 12.1 Å². The summed E-state index contributed by atoms with van der Waals surface area (Å²) in [5, 5.41) is 0. The maximum absolute atomic E-state index is 12.4. The van der Waals surface area contributed by atoms with Crippen molar-refractivity contribution in [2.45, 2.75) is 33.6 Å². The summed E-state index contributed by atoms with van der Waals surface area (Å²) in [5.74, 6) is 3.08. The Labute approximate surface area is 161 Å². The lowest BCUT2D eigenvalue weighted by Crippen LogP contribution is -2.49. The van der Waals surface area contributed by atoms with Crippen LogP contribution in [0.5, 0.6) is 0 Å². The zero-order chi connectivity index (χ0) is 19.2. The maximum Gasteiger partial charge on any atom is 0.289 e. The van der Waals surface area contributed by atoms with Crippen molar-refractivity contribution in [3.8, 4) is 0 Å². The molecular formula is C20H29N5O2. The van der Waals surface area contributed by atoms with Gasteiger partial charge in [0.05, 0.1) is 6.26 Å². The van der Waals surface area contributed by atoms with Crippen molar-refractivity contribution in [1.29, 1.82) is 0 Å². The Hall–Kier alpha value is -2.57. The molecule has 0 unspecified atom stereocenters. The van der Waals surface area contributed by atoms with Crippen molar-refractivity contribution in [1.82, 2.24) is 14.9 Å². The van der Waals surface area contributed by atoms with Crippen LogP contribution in [0.1, 0.15) is 43.1 Å². The Morgan fingerprint density at radius 2 is 1.85 bits per heavy atom. The second-order valence-electron chi connectivity index (χ2n) is 6.88. The molecule has 1 aliphatic heterocycles. The molecule has 0 radical (unpaired) electrons. The molecule has 0 aromatic carbocycles. The van der Waals surface area contributed by atoms with Crippen LogP contribution in [0, 0.1) is 6.92 Å². The molecule has 27 heavy (non-hydrogen) atoms. The molecule has 7 heteroatoms. The average Bonchev–Trinajstić information content (AvgIpc) is 3.22. The number of nitrogens with zero attached hydrogens (tertiary/aromatic N) is 5. The zero-order valence-electron chi connectivity index (χ0n) is 16.5. The first-order chi connectivity index (χ1) is 13.1. The number of hydrogen-bond donors (Lipinski definition) is 0. The molecule has 0 spiro atoms. The number of hydrogen-bond acceptors (Lipinski definition) is 6. The lowest BCUT2D eigenvalue weighted by atomic mass is 10.2. The third-order valence-corrected chi connectivity index (χ3v) is 4.74. The van der Waals surface area contributed by atoms with Crippen LogP contribution in [0.25, 0.3) is 0 Å². The Morgan fingerprint density at radius 3 is 2.44 bits per heavy atom. The molecule has 3 heterocycles. The normalized spacial score (nSPS) is 14.5. The molecule has 1 amide bonds. The second kappa shape index (κ2) is 8.88. The molecule has 2 aromatic rings. The molecular weight excluding hydrogens is 342 g/mol. The van der Waals surface area contributed by atoms with E-state index in [1.165, 1.54) is 6.26 Å². The third kappa shape index (κ3) is 4.59. The van der Waals surface area contributed by atoms with Crippen molar-refractivity contribution >= 4 is 17.5 Å². The van der Waals surface area contributed by atoms with E-state index in [4.69, 9.17) is 4.42 Å². The van der Waals surface area contributed by atoms with Gasteiger partial charge in [0.25, 0.3) is 5.91 Å². The highest BCUT2D eigenvalue weighted by Crippen LogP contribution is 2.21. The number of rotatable bonds is 7. The smallest absolute Gasteiger partial charge is 0.289 e. The van der Waals surface area contributed by atoms with Gasteiger partial charge >= 0.3 is 0 Å². The van der Waals surface area contributed by atoms with Gasteiger partial charge < -0.3 is 19.1 Å². The van der Waals surface area contributed by atoms with Gasteiger partial charge in [-0.2, -0.15) is 0 Å². The first-order valence-electron chi connectivity index (χ1n) is 9.80. The molecule has 146 valence electrons. The van der Waals surface area contributed by atoms with Crippen LogP contribution in [0.15, 0.2) is 28.9 Å². The van der Waals surface area contributed by atoms with E-state index in [0.29, 0.717) is 18.8 Å². The molecule has 0 N–H and O–H groups in total. The molecule has 1 saturated heterocycles. The van der Waals surface area contributed by atoms with Crippen molar-refractivity contribution in [3.05, 3.63) is 36.0 Å². The minimum atomic E-state index is -0.0451. The fraction of sp³-hybridized carbons (Fsp3) is 0.550.